The summed E-state index contributed by atoms with van der Waals surface area (Å²) in [4.78, 5) is 30.7. The van der Waals surface area contributed by atoms with Gasteiger partial charge in [0.2, 0.25) is 0 Å². The minimum atomic E-state index is -1.02. The normalized spacial score (nSPS) is 43.8. The molecule has 49 heavy (non-hydrogen) atoms. The standard InChI is InChI=1S/C39H63N5O5/c1-23(2)25(5)34(6)15-16-36(8)26-13-14-29-35(7)19-48-21-39(29,27(26)17-30(45)38(36,10)31(34)33(46)47)18-28(44-22-40-41-42-44)32(35)49-20-37(9,24(3)4)43(11)12/h17,22-26,28-29,31-32H,13-16,18-21H2,1-12H3,(H,46,47)/t25-,26+,28-,29+,31-,32+,34-,35-,36-,37?,38+,39+/m1/s1. The Balaban J connectivity index is 1.46. The summed E-state index contributed by atoms with van der Waals surface area (Å²) in [5, 5.41) is 23.6. The van der Waals surface area contributed by atoms with E-state index in [0.717, 1.165) is 25.7 Å². The van der Waals surface area contributed by atoms with Crippen LogP contribution in [0, 0.1) is 62.6 Å². The van der Waals surface area contributed by atoms with Crippen LogP contribution < -0.4 is 0 Å². The third-order valence-electron chi connectivity index (χ3n) is 16.5. The number of tetrazole rings is 1. The molecule has 0 spiro atoms. The molecule has 1 aromatic heterocycles. The first-order valence-electron chi connectivity index (χ1n) is 18.8. The lowest BCUT2D eigenvalue weighted by Crippen LogP contribution is -2.70. The summed E-state index contributed by atoms with van der Waals surface area (Å²) in [6.45, 7) is 23.7. The third-order valence-corrected chi connectivity index (χ3v) is 16.5. The maximum Gasteiger partial charge on any atom is 0.308 e. The fraction of sp³-hybridized carbons (Fsp3) is 0.872. The number of carbonyl (C=O) groups excluding carboxylic acids is 1. The number of allylic oxidation sites excluding steroid dienone is 1. The molecule has 5 aliphatic rings. The molecule has 0 aromatic carbocycles. The average Bonchev–Trinajstić information content (AvgIpc) is 3.56. The first kappa shape index (κ1) is 36.6. The lowest BCUT2D eigenvalue weighted by atomic mass is 9.34. The summed E-state index contributed by atoms with van der Waals surface area (Å²) in [5.74, 6) is -0.459. The van der Waals surface area contributed by atoms with E-state index in [0.29, 0.717) is 38.1 Å². The second kappa shape index (κ2) is 11.9. The van der Waals surface area contributed by atoms with E-state index in [1.54, 1.807) is 6.33 Å². The molecule has 10 nitrogen and oxygen atoms in total. The van der Waals surface area contributed by atoms with Gasteiger partial charge in [-0.3, -0.25) is 9.59 Å². The smallest absolute Gasteiger partial charge is 0.308 e. The molecule has 1 aliphatic heterocycles. The Bertz CT molecular complexity index is 1470. The zero-order valence-corrected chi connectivity index (χ0v) is 32.2. The molecule has 0 radical (unpaired) electrons. The molecule has 2 bridgehead atoms. The molecule has 2 heterocycles. The highest BCUT2D eigenvalue weighted by molar-refractivity contribution is 6.00. The fourth-order valence-corrected chi connectivity index (χ4v) is 12.3. The van der Waals surface area contributed by atoms with Crippen molar-refractivity contribution in [1.29, 1.82) is 0 Å². The fourth-order valence-electron chi connectivity index (χ4n) is 12.3. The van der Waals surface area contributed by atoms with E-state index in [1.807, 2.05) is 17.7 Å². The number of rotatable bonds is 9. The maximum absolute atomic E-state index is 15.0. The number of hydrogen-bond donors (Lipinski definition) is 1. The number of fused-ring (bicyclic) bond motifs is 3. The van der Waals surface area contributed by atoms with Crippen molar-refractivity contribution < 1.29 is 24.2 Å². The van der Waals surface area contributed by atoms with E-state index >= 15 is 0 Å². The Kier molecular flexibility index (Phi) is 8.92. The topological polar surface area (TPSA) is 120 Å². The van der Waals surface area contributed by atoms with E-state index < -0.39 is 33.5 Å². The van der Waals surface area contributed by atoms with E-state index in [2.05, 4.69) is 96.8 Å². The lowest BCUT2D eigenvalue weighted by Gasteiger charge is -2.70. The summed E-state index contributed by atoms with van der Waals surface area (Å²) < 4.78 is 15.7. The molecule has 1 unspecified atom stereocenters. The number of aliphatic carboxylic acids is 1. The number of ether oxygens (including phenoxy) is 2. The van der Waals surface area contributed by atoms with Crippen LogP contribution in [0.15, 0.2) is 18.0 Å². The molecule has 274 valence electrons. The Labute approximate surface area is 294 Å². The molecular weight excluding hydrogens is 618 g/mol. The number of carbonyl (C=O) groups is 2. The summed E-state index contributed by atoms with van der Waals surface area (Å²) in [6.07, 6.45) is 7.67. The molecule has 12 atom stereocenters. The van der Waals surface area contributed by atoms with Crippen molar-refractivity contribution in [2.24, 2.45) is 62.6 Å². The quantitative estimate of drug-likeness (QED) is 0.318. The van der Waals surface area contributed by atoms with Gasteiger partial charge in [-0.25, -0.2) is 4.68 Å². The van der Waals surface area contributed by atoms with Gasteiger partial charge in [-0.2, -0.15) is 0 Å². The number of ketones is 1. The second-order valence-corrected chi connectivity index (χ2v) is 18.9. The van der Waals surface area contributed by atoms with Gasteiger partial charge in [0.25, 0.3) is 0 Å². The third kappa shape index (κ3) is 4.84. The van der Waals surface area contributed by atoms with Gasteiger partial charge in [-0.05, 0) is 110 Å². The van der Waals surface area contributed by atoms with Crippen molar-refractivity contribution in [3.8, 4) is 0 Å². The molecule has 1 aromatic rings. The van der Waals surface area contributed by atoms with Crippen LogP contribution in [-0.4, -0.2) is 87.5 Å². The highest BCUT2D eigenvalue weighted by Gasteiger charge is 2.74. The zero-order valence-electron chi connectivity index (χ0n) is 32.2. The van der Waals surface area contributed by atoms with Crippen LogP contribution in [-0.2, 0) is 19.1 Å². The van der Waals surface area contributed by atoms with E-state index in [-0.39, 0.29) is 46.6 Å². The van der Waals surface area contributed by atoms with E-state index in [1.165, 1.54) is 5.57 Å². The number of nitrogens with zero attached hydrogens (tertiary/aromatic N) is 5. The lowest BCUT2D eigenvalue weighted by molar-refractivity contribution is -0.253. The number of likely N-dealkylation sites (N-methyl/N-ethyl adjacent to an activating group) is 1. The Morgan fingerprint density at radius 1 is 1.12 bits per heavy atom. The van der Waals surface area contributed by atoms with Crippen LogP contribution >= 0.6 is 0 Å². The van der Waals surface area contributed by atoms with Gasteiger partial charge in [0.15, 0.2) is 5.78 Å². The van der Waals surface area contributed by atoms with Gasteiger partial charge in [-0.1, -0.05) is 67.9 Å². The van der Waals surface area contributed by atoms with Gasteiger partial charge < -0.3 is 19.5 Å². The van der Waals surface area contributed by atoms with Crippen LogP contribution in [0.1, 0.15) is 107 Å². The zero-order chi connectivity index (χ0) is 36.1. The van der Waals surface area contributed by atoms with Crippen molar-refractivity contribution in [2.75, 3.05) is 33.9 Å². The molecule has 0 amide bonds. The summed E-state index contributed by atoms with van der Waals surface area (Å²) in [5.41, 5.74) is -1.76. The molecule has 3 saturated carbocycles. The monoisotopic (exact) mass is 681 g/mol. The first-order valence-corrected chi connectivity index (χ1v) is 18.8. The number of carboxylic acid groups (broad SMARTS) is 1. The largest absolute Gasteiger partial charge is 0.481 e. The van der Waals surface area contributed by atoms with Crippen molar-refractivity contribution in [2.45, 2.75) is 119 Å². The molecule has 1 N–H and O–H groups in total. The highest BCUT2D eigenvalue weighted by atomic mass is 16.5. The first-order chi connectivity index (χ1) is 22.8. The van der Waals surface area contributed by atoms with Gasteiger partial charge in [0.05, 0.1) is 37.9 Å². The Morgan fingerprint density at radius 3 is 2.39 bits per heavy atom. The SMILES string of the molecule is CC(C)[C@@H](C)[C@@]1(C)CC[C@]2(C)[C@H]3CC[C@@H]4[C@@]5(COC[C@@]4(C)[C@@H](OCC(C)(C(C)C)N(C)C)[C@H](n4cnnn4)C5)C3=CC(=O)[C@@]2(C)[C@@H]1C(=O)O. The van der Waals surface area contributed by atoms with Crippen molar-refractivity contribution in [3.05, 3.63) is 18.0 Å². The van der Waals surface area contributed by atoms with Gasteiger partial charge in [0, 0.05) is 21.8 Å². The van der Waals surface area contributed by atoms with Crippen LogP contribution in [0.2, 0.25) is 0 Å². The van der Waals surface area contributed by atoms with Gasteiger partial charge in [-0.15, -0.1) is 5.10 Å². The predicted molar refractivity (Wildman–Crippen MR) is 187 cm³/mol. The molecule has 6 rings (SSSR count). The Hall–Kier alpha value is -2.17. The number of aromatic nitrogens is 4. The maximum atomic E-state index is 15.0. The van der Waals surface area contributed by atoms with Crippen molar-refractivity contribution in [1.82, 2.24) is 25.1 Å². The minimum absolute atomic E-state index is 0.0196. The van der Waals surface area contributed by atoms with Gasteiger partial charge in [0.1, 0.15) is 6.33 Å². The summed E-state index contributed by atoms with van der Waals surface area (Å²) in [6, 6.07) is -0.150. The van der Waals surface area contributed by atoms with E-state index in [9.17, 15) is 14.7 Å². The summed E-state index contributed by atoms with van der Waals surface area (Å²) >= 11 is 0. The minimum Gasteiger partial charge on any atom is -0.481 e. The van der Waals surface area contributed by atoms with Crippen molar-refractivity contribution >= 4 is 11.8 Å². The molecular formula is C39H63N5O5. The number of hydrogen-bond acceptors (Lipinski definition) is 8. The molecule has 4 fully saturated rings. The van der Waals surface area contributed by atoms with Gasteiger partial charge >= 0.3 is 5.97 Å². The van der Waals surface area contributed by atoms with E-state index in [4.69, 9.17) is 9.47 Å². The Morgan fingerprint density at radius 2 is 1.82 bits per heavy atom. The second-order valence-electron chi connectivity index (χ2n) is 18.9. The van der Waals surface area contributed by atoms with Crippen LogP contribution in [0.5, 0.6) is 0 Å². The molecule has 4 aliphatic carbocycles. The summed E-state index contributed by atoms with van der Waals surface area (Å²) in [7, 11) is 4.24. The molecule has 1 saturated heterocycles. The highest BCUT2D eigenvalue weighted by Crippen LogP contribution is 2.74. The molecule has 10 heteroatoms. The van der Waals surface area contributed by atoms with Crippen LogP contribution in [0.25, 0.3) is 0 Å². The number of carboxylic acids is 1. The van der Waals surface area contributed by atoms with Crippen molar-refractivity contribution in [3.63, 3.8) is 0 Å². The van der Waals surface area contributed by atoms with Crippen LogP contribution in [0.4, 0.5) is 0 Å². The van der Waals surface area contributed by atoms with Crippen LogP contribution in [0.3, 0.4) is 0 Å². The predicted octanol–water partition coefficient (Wildman–Crippen LogP) is 6.34. The average molecular weight is 682 g/mol.